The van der Waals surface area contributed by atoms with Crippen LogP contribution in [0, 0.1) is 11.3 Å². The van der Waals surface area contributed by atoms with E-state index in [-0.39, 0.29) is 23.9 Å². The molecule has 2 N–H and O–H groups in total. The van der Waals surface area contributed by atoms with Gasteiger partial charge in [0.1, 0.15) is 0 Å². The van der Waals surface area contributed by atoms with Crippen molar-refractivity contribution >= 4 is 12.0 Å². The van der Waals surface area contributed by atoms with Crippen LogP contribution >= 0.6 is 0 Å². The normalized spacial score (nSPS) is 22.0. The minimum absolute atomic E-state index is 0.0422. The van der Waals surface area contributed by atoms with E-state index in [4.69, 9.17) is 5.11 Å². The van der Waals surface area contributed by atoms with Crippen LogP contribution < -0.4 is 5.32 Å². The van der Waals surface area contributed by atoms with Crippen molar-refractivity contribution in [2.24, 2.45) is 11.3 Å². The van der Waals surface area contributed by atoms with Gasteiger partial charge in [-0.15, -0.1) is 0 Å². The van der Waals surface area contributed by atoms with Gasteiger partial charge in [-0.05, 0) is 30.6 Å². The molecule has 20 heavy (non-hydrogen) atoms. The van der Waals surface area contributed by atoms with Crippen molar-refractivity contribution in [1.82, 2.24) is 10.2 Å². The number of nitrogens with one attached hydrogen (secondary N) is 1. The molecule has 1 rings (SSSR count). The summed E-state index contributed by atoms with van der Waals surface area (Å²) in [7, 11) is 0. The molecule has 0 aromatic rings. The number of hydrogen-bond donors (Lipinski definition) is 2. The molecule has 1 aliphatic heterocycles. The first-order valence-corrected chi connectivity index (χ1v) is 7.47. The van der Waals surface area contributed by atoms with Crippen molar-refractivity contribution in [2.75, 3.05) is 13.1 Å². The van der Waals surface area contributed by atoms with Crippen LogP contribution in [0.3, 0.4) is 0 Å². The number of aliphatic carboxylic acids is 1. The molecule has 1 fully saturated rings. The molecular weight excluding hydrogens is 256 g/mol. The number of carbonyl (C=O) groups is 2. The van der Waals surface area contributed by atoms with Crippen LogP contribution in [0.5, 0.6) is 0 Å². The second kappa shape index (κ2) is 6.95. The molecule has 0 aliphatic carbocycles. The van der Waals surface area contributed by atoms with Gasteiger partial charge in [-0.25, -0.2) is 4.79 Å². The second-order valence-corrected chi connectivity index (χ2v) is 6.99. The number of hydrogen-bond acceptors (Lipinski definition) is 2. The van der Waals surface area contributed by atoms with Crippen molar-refractivity contribution in [3.63, 3.8) is 0 Å². The number of likely N-dealkylation sites (tertiary alicyclic amines) is 1. The lowest BCUT2D eigenvalue weighted by Gasteiger charge is -2.32. The smallest absolute Gasteiger partial charge is 0.317 e. The van der Waals surface area contributed by atoms with E-state index in [0.29, 0.717) is 5.92 Å². The lowest BCUT2D eigenvalue weighted by molar-refractivity contribution is -0.138. The summed E-state index contributed by atoms with van der Waals surface area (Å²) in [6.07, 6.45) is 3.15. The molecule has 0 radical (unpaired) electrons. The standard InChI is InChI=1S/C15H28N2O3/c1-11-6-5-8-17(9-7-11)14(20)16-12(10-13(18)19)15(2,3)4/h11-12H,5-10H2,1-4H3,(H,16,20)(H,18,19). The Bertz CT molecular complexity index is 350. The fraction of sp³-hybridized carbons (Fsp3) is 0.867. The van der Waals surface area contributed by atoms with E-state index in [1.165, 1.54) is 0 Å². The van der Waals surface area contributed by atoms with Crippen LogP contribution in [0.4, 0.5) is 4.79 Å². The van der Waals surface area contributed by atoms with E-state index in [9.17, 15) is 9.59 Å². The van der Waals surface area contributed by atoms with Crippen molar-refractivity contribution in [3.8, 4) is 0 Å². The summed E-state index contributed by atoms with van der Waals surface area (Å²) in [6, 6.07) is -0.478. The Hall–Kier alpha value is -1.26. The molecule has 1 aliphatic rings. The second-order valence-electron chi connectivity index (χ2n) is 6.99. The van der Waals surface area contributed by atoms with Crippen LogP contribution in [-0.2, 0) is 4.79 Å². The van der Waals surface area contributed by atoms with Crippen LogP contribution in [0.25, 0.3) is 0 Å². The number of urea groups is 1. The minimum Gasteiger partial charge on any atom is -0.481 e. The van der Waals surface area contributed by atoms with Crippen LogP contribution in [-0.4, -0.2) is 41.1 Å². The topological polar surface area (TPSA) is 69.6 Å². The van der Waals surface area contributed by atoms with E-state index in [1.54, 1.807) is 0 Å². The molecule has 0 spiro atoms. The summed E-state index contributed by atoms with van der Waals surface area (Å²) in [5, 5.41) is 11.9. The summed E-state index contributed by atoms with van der Waals surface area (Å²) in [5.41, 5.74) is -0.271. The first-order chi connectivity index (χ1) is 9.20. The molecule has 0 aromatic carbocycles. The molecule has 2 amide bonds. The first kappa shape index (κ1) is 16.8. The first-order valence-electron chi connectivity index (χ1n) is 7.47. The molecule has 0 aromatic heterocycles. The Balaban J connectivity index is 2.63. The van der Waals surface area contributed by atoms with E-state index in [1.807, 2.05) is 25.7 Å². The number of carboxylic acids is 1. The third-order valence-corrected chi connectivity index (χ3v) is 4.03. The Morgan fingerprint density at radius 2 is 1.95 bits per heavy atom. The highest BCUT2D eigenvalue weighted by Crippen LogP contribution is 2.23. The van der Waals surface area contributed by atoms with E-state index >= 15 is 0 Å². The zero-order valence-corrected chi connectivity index (χ0v) is 13.1. The zero-order valence-electron chi connectivity index (χ0n) is 13.1. The summed E-state index contributed by atoms with van der Waals surface area (Å²) in [4.78, 5) is 25.1. The number of rotatable bonds is 3. The van der Waals surface area contributed by atoms with Crippen LogP contribution in [0.1, 0.15) is 53.4 Å². The number of nitrogens with zero attached hydrogens (tertiary/aromatic N) is 1. The SMILES string of the molecule is CC1CCCN(C(=O)NC(CC(=O)O)C(C)(C)C)CC1. The quantitative estimate of drug-likeness (QED) is 0.837. The fourth-order valence-corrected chi connectivity index (χ4v) is 2.45. The average Bonchev–Trinajstić information content (AvgIpc) is 2.51. The number of carboxylic acid groups (broad SMARTS) is 1. The van der Waals surface area contributed by atoms with Crippen molar-refractivity contribution < 1.29 is 14.7 Å². The summed E-state index contributed by atoms with van der Waals surface area (Å²) in [6.45, 7) is 9.59. The number of amides is 2. The fourth-order valence-electron chi connectivity index (χ4n) is 2.45. The highest BCUT2D eigenvalue weighted by atomic mass is 16.4. The van der Waals surface area contributed by atoms with Gasteiger partial charge in [0.05, 0.1) is 6.42 Å². The van der Waals surface area contributed by atoms with Crippen molar-refractivity contribution in [3.05, 3.63) is 0 Å². The predicted molar refractivity (Wildman–Crippen MR) is 78.6 cm³/mol. The number of carbonyl (C=O) groups excluding carboxylic acids is 1. The molecular formula is C15H28N2O3. The molecule has 116 valence electrons. The van der Waals surface area contributed by atoms with Gasteiger partial charge in [0.25, 0.3) is 0 Å². The zero-order chi connectivity index (χ0) is 15.3. The average molecular weight is 284 g/mol. The maximum Gasteiger partial charge on any atom is 0.317 e. The predicted octanol–water partition coefficient (Wildman–Crippen LogP) is 2.71. The lowest BCUT2D eigenvalue weighted by Crippen LogP contribution is -2.50. The van der Waals surface area contributed by atoms with E-state index in [2.05, 4.69) is 12.2 Å². The van der Waals surface area contributed by atoms with Gasteiger partial charge in [-0.3, -0.25) is 4.79 Å². The van der Waals surface area contributed by atoms with Gasteiger partial charge in [0.15, 0.2) is 0 Å². The van der Waals surface area contributed by atoms with Crippen molar-refractivity contribution in [1.29, 1.82) is 0 Å². The molecule has 1 saturated heterocycles. The third-order valence-electron chi connectivity index (χ3n) is 4.03. The highest BCUT2D eigenvalue weighted by molar-refractivity contribution is 5.76. The van der Waals surface area contributed by atoms with E-state index in [0.717, 1.165) is 32.4 Å². The molecule has 0 saturated carbocycles. The maximum atomic E-state index is 12.3. The van der Waals surface area contributed by atoms with Gasteiger partial charge in [-0.2, -0.15) is 0 Å². The van der Waals surface area contributed by atoms with Gasteiger partial charge in [0.2, 0.25) is 0 Å². The Morgan fingerprint density at radius 3 is 2.50 bits per heavy atom. The Morgan fingerprint density at radius 1 is 1.30 bits per heavy atom. The largest absolute Gasteiger partial charge is 0.481 e. The summed E-state index contributed by atoms with van der Waals surface area (Å²) < 4.78 is 0. The molecule has 5 heteroatoms. The molecule has 0 bridgehead atoms. The third kappa shape index (κ3) is 5.39. The van der Waals surface area contributed by atoms with Crippen molar-refractivity contribution in [2.45, 2.75) is 59.4 Å². The Kier molecular flexibility index (Phi) is 5.84. The van der Waals surface area contributed by atoms with Crippen LogP contribution in [0.2, 0.25) is 0 Å². The molecule has 1 heterocycles. The van der Waals surface area contributed by atoms with E-state index < -0.39 is 5.97 Å². The maximum absolute atomic E-state index is 12.3. The van der Waals surface area contributed by atoms with Crippen LogP contribution in [0.15, 0.2) is 0 Å². The van der Waals surface area contributed by atoms with Gasteiger partial charge >= 0.3 is 12.0 Å². The molecule has 5 nitrogen and oxygen atoms in total. The minimum atomic E-state index is -0.880. The highest BCUT2D eigenvalue weighted by Gasteiger charge is 2.30. The van der Waals surface area contributed by atoms with Gasteiger partial charge in [0, 0.05) is 19.1 Å². The monoisotopic (exact) mass is 284 g/mol. The molecule has 2 atom stereocenters. The lowest BCUT2D eigenvalue weighted by atomic mass is 9.85. The van der Waals surface area contributed by atoms with Gasteiger partial charge < -0.3 is 15.3 Å². The van der Waals surface area contributed by atoms with Gasteiger partial charge in [-0.1, -0.05) is 27.7 Å². The summed E-state index contributed by atoms with van der Waals surface area (Å²) >= 11 is 0. The summed E-state index contributed by atoms with van der Waals surface area (Å²) in [5.74, 6) is -0.222. The molecule has 2 unspecified atom stereocenters. The Labute approximate surface area is 121 Å².